The maximum atomic E-state index is 12.2. The number of carbonyl (C=O) groups is 1. The standard InChI is InChI=1S/C20H24N2O/c1-14-7-8-18(15(2)11-14)19-6-4-3-5-16(19)12-17-13-21-9-10-22-20(17)23/h3-8,11,17,21H,9-10,12-13H2,1-2H3,(H,22,23). The van der Waals surface area contributed by atoms with Gasteiger partial charge >= 0.3 is 0 Å². The summed E-state index contributed by atoms with van der Waals surface area (Å²) >= 11 is 0. The van der Waals surface area contributed by atoms with Crippen LogP contribution in [0.25, 0.3) is 11.1 Å². The van der Waals surface area contributed by atoms with Gasteiger partial charge in [0.1, 0.15) is 0 Å². The number of nitrogens with one attached hydrogen (secondary N) is 2. The molecular formula is C20H24N2O. The summed E-state index contributed by atoms with van der Waals surface area (Å²) in [6.07, 6.45) is 0.766. The molecular weight excluding hydrogens is 284 g/mol. The van der Waals surface area contributed by atoms with E-state index in [1.807, 2.05) is 0 Å². The third-order valence-corrected chi connectivity index (χ3v) is 4.52. The van der Waals surface area contributed by atoms with Crippen LogP contribution < -0.4 is 10.6 Å². The van der Waals surface area contributed by atoms with Crippen molar-refractivity contribution in [2.24, 2.45) is 5.92 Å². The van der Waals surface area contributed by atoms with Gasteiger partial charge in [0.05, 0.1) is 5.92 Å². The van der Waals surface area contributed by atoms with Crippen molar-refractivity contribution in [2.75, 3.05) is 19.6 Å². The second-order valence-electron chi connectivity index (χ2n) is 6.37. The van der Waals surface area contributed by atoms with Crippen molar-refractivity contribution in [3.63, 3.8) is 0 Å². The quantitative estimate of drug-likeness (QED) is 0.915. The van der Waals surface area contributed by atoms with Crippen LogP contribution in [0.2, 0.25) is 0 Å². The van der Waals surface area contributed by atoms with Crippen LogP contribution in [-0.4, -0.2) is 25.5 Å². The zero-order chi connectivity index (χ0) is 16.2. The summed E-state index contributed by atoms with van der Waals surface area (Å²) in [5.41, 5.74) is 6.29. The fourth-order valence-corrected chi connectivity index (χ4v) is 3.29. The van der Waals surface area contributed by atoms with Crippen LogP contribution in [0.4, 0.5) is 0 Å². The molecule has 0 saturated carbocycles. The Morgan fingerprint density at radius 2 is 1.87 bits per heavy atom. The van der Waals surface area contributed by atoms with Crippen LogP contribution in [0.5, 0.6) is 0 Å². The Morgan fingerprint density at radius 1 is 1.04 bits per heavy atom. The summed E-state index contributed by atoms with van der Waals surface area (Å²) in [6.45, 7) is 6.57. The molecule has 3 rings (SSSR count). The van der Waals surface area contributed by atoms with E-state index >= 15 is 0 Å². The van der Waals surface area contributed by atoms with Gasteiger partial charge in [0.25, 0.3) is 0 Å². The molecule has 1 fully saturated rings. The van der Waals surface area contributed by atoms with Crippen LogP contribution in [0.15, 0.2) is 42.5 Å². The van der Waals surface area contributed by atoms with Crippen LogP contribution in [-0.2, 0) is 11.2 Å². The molecule has 1 aliphatic rings. The van der Waals surface area contributed by atoms with Gasteiger partial charge in [0.2, 0.25) is 5.91 Å². The third-order valence-electron chi connectivity index (χ3n) is 4.52. The molecule has 0 bridgehead atoms. The molecule has 23 heavy (non-hydrogen) atoms. The average Bonchev–Trinajstić information content (AvgIpc) is 2.73. The van der Waals surface area contributed by atoms with Gasteiger partial charge < -0.3 is 10.6 Å². The van der Waals surface area contributed by atoms with Crippen LogP contribution in [0, 0.1) is 19.8 Å². The summed E-state index contributed by atoms with van der Waals surface area (Å²) < 4.78 is 0. The van der Waals surface area contributed by atoms with Crippen molar-refractivity contribution in [3.05, 3.63) is 59.2 Å². The second-order valence-corrected chi connectivity index (χ2v) is 6.37. The molecule has 1 amide bonds. The predicted octanol–water partition coefficient (Wildman–Crippen LogP) is 2.85. The second kappa shape index (κ2) is 6.97. The summed E-state index contributed by atoms with van der Waals surface area (Å²) in [7, 11) is 0. The Bertz CT molecular complexity index is 709. The van der Waals surface area contributed by atoms with E-state index in [2.05, 4.69) is 66.9 Å². The number of hydrogen-bond donors (Lipinski definition) is 2. The Labute approximate surface area is 138 Å². The van der Waals surface area contributed by atoms with E-state index in [1.165, 1.54) is 27.8 Å². The molecule has 0 radical (unpaired) electrons. The zero-order valence-corrected chi connectivity index (χ0v) is 13.9. The first kappa shape index (κ1) is 15.8. The summed E-state index contributed by atoms with van der Waals surface area (Å²) in [6, 6.07) is 15.0. The molecule has 0 spiro atoms. The lowest BCUT2D eigenvalue weighted by Gasteiger charge is -2.17. The number of amides is 1. The molecule has 2 aromatic rings. The summed E-state index contributed by atoms with van der Waals surface area (Å²) in [5, 5.41) is 6.33. The van der Waals surface area contributed by atoms with Crippen molar-refractivity contribution in [3.8, 4) is 11.1 Å². The minimum atomic E-state index is -0.00981. The molecule has 3 nitrogen and oxygen atoms in total. The maximum absolute atomic E-state index is 12.2. The molecule has 0 aliphatic carbocycles. The largest absolute Gasteiger partial charge is 0.355 e. The van der Waals surface area contributed by atoms with E-state index in [4.69, 9.17) is 0 Å². The Hall–Kier alpha value is -2.13. The van der Waals surface area contributed by atoms with Gasteiger partial charge in [-0.05, 0) is 42.5 Å². The van der Waals surface area contributed by atoms with Gasteiger partial charge in [-0.15, -0.1) is 0 Å². The Morgan fingerprint density at radius 3 is 2.70 bits per heavy atom. The molecule has 120 valence electrons. The SMILES string of the molecule is Cc1ccc(-c2ccccc2CC2CNCCNC2=O)c(C)c1. The summed E-state index contributed by atoms with van der Waals surface area (Å²) in [5.74, 6) is 0.148. The van der Waals surface area contributed by atoms with Gasteiger partial charge in [-0.1, -0.05) is 48.0 Å². The Kier molecular flexibility index (Phi) is 4.77. The summed E-state index contributed by atoms with van der Waals surface area (Å²) in [4.78, 5) is 12.2. The monoisotopic (exact) mass is 308 g/mol. The van der Waals surface area contributed by atoms with Gasteiger partial charge in [-0.2, -0.15) is 0 Å². The molecule has 1 heterocycles. The van der Waals surface area contributed by atoms with Crippen LogP contribution >= 0.6 is 0 Å². The van der Waals surface area contributed by atoms with Gasteiger partial charge in [-0.25, -0.2) is 0 Å². The highest BCUT2D eigenvalue weighted by Crippen LogP contribution is 2.29. The first-order chi connectivity index (χ1) is 11.1. The van der Waals surface area contributed by atoms with Crippen molar-refractivity contribution >= 4 is 5.91 Å². The minimum Gasteiger partial charge on any atom is -0.355 e. The number of carbonyl (C=O) groups excluding carboxylic acids is 1. The van der Waals surface area contributed by atoms with Gasteiger partial charge in [0.15, 0.2) is 0 Å². The van der Waals surface area contributed by atoms with Crippen LogP contribution in [0.1, 0.15) is 16.7 Å². The predicted molar refractivity (Wildman–Crippen MR) is 94.4 cm³/mol. The molecule has 3 heteroatoms. The lowest BCUT2D eigenvalue weighted by atomic mass is 9.89. The molecule has 1 atom stereocenters. The first-order valence-corrected chi connectivity index (χ1v) is 8.29. The zero-order valence-electron chi connectivity index (χ0n) is 13.9. The number of aryl methyl sites for hydroxylation is 2. The van der Waals surface area contributed by atoms with Crippen molar-refractivity contribution in [1.29, 1.82) is 0 Å². The average molecular weight is 308 g/mol. The molecule has 2 N–H and O–H groups in total. The van der Waals surface area contributed by atoms with E-state index in [0.717, 1.165) is 19.5 Å². The van der Waals surface area contributed by atoms with Crippen molar-refractivity contribution < 1.29 is 4.79 Å². The fraction of sp³-hybridized carbons (Fsp3) is 0.350. The first-order valence-electron chi connectivity index (χ1n) is 8.29. The van der Waals surface area contributed by atoms with Crippen molar-refractivity contribution in [2.45, 2.75) is 20.3 Å². The fourth-order valence-electron chi connectivity index (χ4n) is 3.29. The number of rotatable bonds is 3. The molecule has 1 unspecified atom stereocenters. The normalized spacial score (nSPS) is 18.3. The highest BCUT2D eigenvalue weighted by atomic mass is 16.1. The smallest absolute Gasteiger partial charge is 0.224 e. The third kappa shape index (κ3) is 3.62. The topological polar surface area (TPSA) is 41.1 Å². The van der Waals surface area contributed by atoms with Gasteiger partial charge in [-0.3, -0.25) is 4.79 Å². The van der Waals surface area contributed by atoms with E-state index in [1.54, 1.807) is 0 Å². The van der Waals surface area contributed by atoms with E-state index < -0.39 is 0 Å². The lowest BCUT2D eigenvalue weighted by molar-refractivity contribution is -0.124. The van der Waals surface area contributed by atoms with Gasteiger partial charge in [0, 0.05) is 19.6 Å². The number of benzene rings is 2. The van der Waals surface area contributed by atoms with Crippen LogP contribution in [0.3, 0.4) is 0 Å². The number of hydrogen-bond acceptors (Lipinski definition) is 2. The highest BCUT2D eigenvalue weighted by molar-refractivity contribution is 5.80. The van der Waals surface area contributed by atoms with E-state index in [9.17, 15) is 4.79 Å². The molecule has 0 aromatic heterocycles. The lowest BCUT2D eigenvalue weighted by Crippen LogP contribution is -2.32. The molecule has 1 saturated heterocycles. The minimum absolute atomic E-state index is 0.00981. The molecule has 2 aromatic carbocycles. The Balaban J connectivity index is 1.93. The van der Waals surface area contributed by atoms with Crippen molar-refractivity contribution in [1.82, 2.24) is 10.6 Å². The maximum Gasteiger partial charge on any atom is 0.224 e. The molecule has 1 aliphatic heterocycles. The van der Waals surface area contributed by atoms with E-state index in [-0.39, 0.29) is 11.8 Å². The highest BCUT2D eigenvalue weighted by Gasteiger charge is 2.22. The van der Waals surface area contributed by atoms with E-state index in [0.29, 0.717) is 6.54 Å².